The molecule has 4 heterocycles. The summed E-state index contributed by atoms with van der Waals surface area (Å²) in [6.07, 6.45) is -2.98. The van der Waals surface area contributed by atoms with Gasteiger partial charge in [0.05, 0.1) is 55.6 Å². The molecule has 0 spiro atoms. The highest BCUT2D eigenvalue weighted by Crippen LogP contribution is 2.47. The van der Waals surface area contributed by atoms with Crippen molar-refractivity contribution in [1.29, 1.82) is 0 Å². The summed E-state index contributed by atoms with van der Waals surface area (Å²) in [5, 5.41) is 1.86. The van der Waals surface area contributed by atoms with Crippen LogP contribution in [0, 0.1) is 0 Å². The number of methoxy groups -OCH3 is 3. The molecule has 1 saturated heterocycles. The van der Waals surface area contributed by atoms with Crippen LogP contribution in [0.5, 0.6) is 11.6 Å². The van der Waals surface area contributed by atoms with E-state index in [0.717, 1.165) is 22.7 Å². The number of anilines is 2. The Labute approximate surface area is 239 Å². The smallest absolute Gasteiger partial charge is 0.416 e. The van der Waals surface area contributed by atoms with Crippen molar-refractivity contribution in [2.45, 2.75) is 31.6 Å². The highest BCUT2D eigenvalue weighted by molar-refractivity contribution is 7.10. The van der Waals surface area contributed by atoms with E-state index >= 15 is 0 Å². The first kappa shape index (κ1) is 28.5. The van der Waals surface area contributed by atoms with Crippen molar-refractivity contribution in [2.75, 3.05) is 50.8 Å². The first-order valence-electron chi connectivity index (χ1n) is 12.9. The molecule has 13 heteroatoms. The molecule has 5 rings (SSSR count). The van der Waals surface area contributed by atoms with Gasteiger partial charge in [0.1, 0.15) is 5.75 Å². The van der Waals surface area contributed by atoms with Crippen molar-refractivity contribution < 1.29 is 32.2 Å². The number of esters is 1. The van der Waals surface area contributed by atoms with Crippen molar-refractivity contribution in [2.24, 2.45) is 4.99 Å². The molecule has 0 amide bonds. The molecule has 1 fully saturated rings. The second-order valence-corrected chi connectivity index (χ2v) is 10.6. The van der Waals surface area contributed by atoms with Crippen LogP contribution in [0.25, 0.3) is 0 Å². The number of halogens is 3. The van der Waals surface area contributed by atoms with Gasteiger partial charge in [-0.05, 0) is 42.6 Å². The van der Waals surface area contributed by atoms with E-state index in [2.05, 4.69) is 16.8 Å². The maximum Gasteiger partial charge on any atom is 0.416 e. The fourth-order valence-electron chi connectivity index (χ4n) is 5.26. The molecule has 2 atom stereocenters. The van der Waals surface area contributed by atoms with E-state index < -0.39 is 23.8 Å². The van der Waals surface area contributed by atoms with Crippen molar-refractivity contribution in [3.05, 3.63) is 58.4 Å². The molecule has 0 radical (unpaired) electrons. The molecule has 41 heavy (non-hydrogen) atoms. The van der Waals surface area contributed by atoms with Gasteiger partial charge in [-0.3, -0.25) is 9.69 Å². The number of piperazine rings is 1. The normalized spacial score (nSPS) is 19.0. The van der Waals surface area contributed by atoms with Crippen LogP contribution in [-0.2, 0) is 15.7 Å². The van der Waals surface area contributed by atoms with E-state index in [0.29, 0.717) is 37.2 Å². The maximum absolute atomic E-state index is 13.9. The number of carbonyl (C=O) groups is 1. The SMILES string of the molecule is COC(=O)CC1c2sccc2N=C(N2CCN(c3ccnc(OC)c3)[C@H](C)C2)N1c1cc(C(F)(F)F)ccc1OC. The number of fused-ring (bicyclic) bond motifs is 1. The Kier molecular flexibility index (Phi) is 7.98. The second kappa shape index (κ2) is 11.5. The number of thiophene rings is 1. The summed E-state index contributed by atoms with van der Waals surface area (Å²) in [5.74, 6) is 0.695. The van der Waals surface area contributed by atoms with Crippen molar-refractivity contribution in [1.82, 2.24) is 9.88 Å². The third-order valence-electron chi connectivity index (χ3n) is 7.25. The van der Waals surface area contributed by atoms with Gasteiger partial charge in [0.25, 0.3) is 0 Å². The molecule has 2 aliphatic rings. The fraction of sp³-hybridized carbons (Fsp3) is 0.393. The molecule has 9 nitrogen and oxygen atoms in total. The van der Waals surface area contributed by atoms with Gasteiger partial charge in [-0.1, -0.05) is 0 Å². The Morgan fingerprint density at radius 2 is 1.90 bits per heavy atom. The van der Waals surface area contributed by atoms with Gasteiger partial charge in [0.15, 0.2) is 0 Å². The number of guanidine groups is 1. The number of hydrogen-bond acceptors (Lipinski definition) is 10. The first-order valence-corrected chi connectivity index (χ1v) is 13.8. The van der Waals surface area contributed by atoms with E-state index in [9.17, 15) is 18.0 Å². The zero-order chi connectivity index (χ0) is 29.3. The van der Waals surface area contributed by atoms with Crippen LogP contribution in [0.15, 0.2) is 53.0 Å². The Morgan fingerprint density at radius 3 is 2.59 bits per heavy atom. The molecule has 1 aromatic carbocycles. The quantitative estimate of drug-likeness (QED) is 0.349. The van der Waals surface area contributed by atoms with E-state index in [4.69, 9.17) is 19.2 Å². The first-order chi connectivity index (χ1) is 19.6. The number of ether oxygens (including phenoxy) is 3. The number of rotatable bonds is 6. The van der Waals surface area contributed by atoms with E-state index in [1.165, 1.54) is 31.6 Å². The lowest BCUT2D eigenvalue weighted by Gasteiger charge is -2.47. The average molecular weight is 590 g/mol. The van der Waals surface area contributed by atoms with Crippen LogP contribution in [0.1, 0.15) is 29.8 Å². The van der Waals surface area contributed by atoms with E-state index in [1.54, 1.807) is 18.2 Å². The van der Waals surface area contributed by atoms with Gasteiger partial charge in [-0.15, -0.1) is 11.3 Å². The molecule has 0 N–H and O–H groups in total. The van der Waals surface area contributed by atoms with Crippen molar-refractivity contribution in [3.8, 4) is 11.6 Å². The predicted octanol–water partition coefficient (Wildman–Crippen LogP) is 5.50. The summed E-state index contributed by atoms with van der Waals surface area (Å²) >= 11 is 1.39. The Hall–Kier alpha value is -4.00. The van der Waals surface area contributed by atoms with Crippen LogP contribution >= 0.6 is 11.3 Å². The zero-order valence-electron chi connectivity index (χ0n) is 23.0. The highest BCUT2D eigenvalue weighted by atomic mass is 32.1. The number of hydrogen-bond donors (Lipinski definition) is 0. The highest BCUT2D eigenvalue weighted by Gasteiger charge is 2.41. The predicted molar refractivity (Wildman–Crippen MR) is 150 cm³/mol. The number of alkyl halides is 3. The second-order valence-electron chi connectivity index (χ2n) is 9.68. The molecule has 2 aliphatic heterocycles. The third kappa shape index (κ3) is 5.63. The molecule has 3 aromatic rings. The van der Waals surface area contributed by atoms with Crippen LogP contribution in [0.4, 0.5) is 30.2 Å². The fourth-order valence-corrected chi connectivity index (χ4v) is 6.19. The van der Waals surface area contributed by atoms with Crippen molar-refractivity contribution in [3.63, 3.8) is 0 Å². The summed E-state index contributed by atoms with van der Waals surface area (Å²) < 4.78 is 57.5. The van der Waals surface area contributed by atoms with Gasteiger partial charge < -0.3 is 24.0 Å². The largest absolute Gasteiger partial charge is 0.495 e. The summed E-state index contributed by atoms with van der Waals surface area (Å²) in [6.45, 7) is 3.72. The number of pyridine rings is 1. The van der Waals surface area contributed by atoms with Crippen LogP contribution in [0.3, 0.4) is 0 Å². The van der Waals surface area contributed by atoms with Gasteiger partial charge in [0.2, 0.25) is 11.8 Å². The Morgan fingerprint density at radius 1 is 1.10 bits per heavy atom. The Balaban J connectivity index is 1.58. The van der Waals surface area contributed by atoms with E-state index in [1.807, 2.05) is 28.5 Å². The maximum atomic E-state index is 13.9. The van der Waals surface area contributed by atoms with Gasteiger partial charge >= 0.3 is 12.1 Å². The lowest BCUT2D eigenvalue weighted by atomic mass is 10.0. The Bertz CT molecular complexity index is 1450. The number of nitrogens with zero attached hydrogens (tertiary/aromatic N) is 5. The van der Waals surface area contributed by atoms with Gasteiger partial charge in [0, 0.05) is 43.6 Å². The van der Waals surface area contributed by atoms with E-state index in [-0.39, 0.29) is 23.9 Å². The minimum absolute atomic E-state index is 0.00624. The lowest BCUT2D eigenvalue weighted by Crippen LogP contribution is -2.58. The molecule has 1 unspecified atom stereocenters. The minimum Gasteiger partial charge on any atom is -0.495 e. The molecular formula is C28H30F3N5O4S. The van der Waals surface area contributed by atoms with Gasteiger partial charge in [-0.25, -0.2) is 9.98 Å². The third-order valence-corrected chi connectivity index (χ3v) is 8.25. The molecule has 2 aromatic heterocycles. The summed E-state index contributed by atoms with van der Waals surface area (Å²) in [6, 6.07) is 8.33. The zero-order valence-corrected chi connectivity index (χ0v) is 23.8. The minimum atomic E-state index is -4.58. The summed E-state index contributed by atoms with van der Waals surface area (Å²) in [7, 11) is 4.26. The molecular weight excluding hydrogens is 559 g/mol. The van der Waals surface area contributed by atoms with Crippen LogP contribution < -0.4 is 19.3 Å². The molecule has 0 bridgehead atoms. The van der Waals surface area contributed by atoms with Gasteiger partial charge in [-0.2, -0.15) is 13.2 Å². The molecule has 0 aliphatic carbocycles. The number of aliphatic imine (C=N–C) groups is 1. The molecule has 218 valence electrons. The van der Waals surface area contributed by atoms with Crippen LogP contribution in [0.2, 0.25) is 0 Å². The monoisotopic (exact) mass is 589 g/mol. The summed E-state index contributed by atoms with van der Waals surface area (Å²) in [4.78, 5) is 28.5. The topological polar surface area (TPSA) is 79.7 Å². The standard InChI is InChI=1S/C28H30F3N5O4S/c1-17-16-34(10-11-35(17)19-7-9-32-24(14-19)39-3)27-33-20-8-12-41-26(20)22(15-25(37)40-4)36(27)21-13-18(28(29,30)31)5-6-23(21)38-2/h5-9,12-14,17,22H,10-11,15-16H2,1-4H3/t17-,22?/m1/s1. The van der Waals surface area contributed by atoms with Crippen molar-refractivity contribution >= 4 is 40.3 Å². The number of benzene rings is 1. The average Bonchev–Trinajstić information content (AvgIpc) is 3.45. The van der Waals surface area contributed by atoms with Crippen LogP contribution in [-0.4, -0.2) is 68.8 Å². The lowest BCUT2D eigenvalue weighted by molar-refractivity contribution is -0.141. The summed E-state index contributed by atoms with van der Waals surface area (Å²) in [5.41, 5.74) is 0.971. The number of aromatic nitrogens is 1. The molecule has 0 saturated carbocycles. The number of carbonyl (C=O) groups excluding carboxylic acids is 1.